The van der Waals surface area contributed by atoms with E-state index in [2.05, 4.69) is 9.88 Å². The molecule has 0 bridgehead atoms. The normalized spacial score (nSPS) is 19.4. The number of pyridine rings is 1. The number of nitrogens with zero attached hydrogens (tertiary/aromatic N) is 5. The summed E-state index contributed by atoms with van der Waals surface area (Å²) in [6.07, 6.45) is 6.63. The fourth-order valence-corrected chi connectivity index (χ4v) is 5.75. The Balaban J connectivity index is 1.59. The van der Waals surface area contributed by atoms with Gasteiger partial charge in [-0.1, -0.05) is 29.3 Å². The second kappa shape index (κ2) is 10.2. The highest BCUT2D eigenvalue weighted by atomic mass is 35.5. The van der Waals surface area contributed by atoms with Crippen molar-refractivity contribution < 1.29 is 14.6 Å². The number of rotatable bonds is 3. The predicted molar refractivity (Wildman–Crippen MR) is 153 cm³/mol. The van der Waals surface area contributed by atoms with Crippen LogP contribution < -0.4 is 0 Å². The van der Waals surface area contributed by atoms with Crippen LogP contribution in [0.15, 0.2) is 43.0 Å². The van der Waals surface area contributed by atoms with Gasteiger partial charge in [-0.15, -0.1) is 0 Å². The molecule has 10 heteroatoms. The fraction of sp³-hybridized carbons (Fsp3) is 0.414. The lowest BCUT2D eigenvalue weighted by Gasteiger charge is -2.40. The van der Waals surface area contributed by atoms with Crippen molar-refractivity contribution >= 4 is 40.9 Å². The molecule has 1 aromatic carbocycles. The van der Waals surface area contributed by atoms with E-state index < -0.39 is 11.2 Å². The van der Waals surface area contributed by atoms with E-state index in [9.17, 15) is 9.90 Å². The summed E-state index contributed by atoms with van der Waals surface area (Å²) in [5.74, 6) is 0. The first-order valence-corrected chi connectivity index (χ1v) is 13.7. The van der Waals surface area contributed by atoms with E-state index in [1.807, 2.05) is 58.2 Å². The summed E-state index contributed by atoms with van der Waals surface area (Å²) in [6, 6.07) is 7.38. The SMILES string of the molecule is Cn1cncc1C(C)(O)C1=Cc2cc(Cl)cnc2[C@H](N2CCN(C(=O)OC(C)(C)C)CC2)c2ccc(Cl)cc21. The molecule has 1 N–H and O–H groups in total. The number of hydrogen-bond donors (Lipinski definition) is 1. The Bertz CT molecular complexity index is 1430. The lowest BCUT2D eigenvalue weighted by Crippen LogP contribution is -2.51. The van der Waals surface area contributed by atoms with Gasteiger partial charge >= 0.3 is 6.09 Å². The Labute approximate surface area is 238 Å². The van der Waals surface area contributed by atoms with Gasteiger partial charge in [-0.25, -0.2) is 9.78 Å². The number of aliphatic hydroxyl groups is 1. The Morgan fingerprint density at radius 1 is 1.05 bits per heavy atom. The molecule has 8 nitrogen and oxygen atoms in total. The van der Waals surface area contributed by atoms with E-state index in [0.29, 0.717) is 47.5 Å². The monoisotopic (exact) mass is 569 g/mol. The molecule has 5 rings (SSSR count). The van der Waals surface area contributed by atoms with Crippen LogP contribution in [0.25, 0.3) is 11.6 Å². The predicted octanol–water partition coefficient (Wildman–Crippen LogP) is 5.53. The molecule has 1 amide bonds. The average molecular weight is 571 g/mol. The number of ether oxygens (including phenoxy) is 1. The molecule has 3 heterocycles. The van der Waals surface area contributed by atoms with Gasteiger partial charge in [0.05, 0.1) is 35.0 Å². The van der Waals surface area contributed by atoms with Gasteiger partial charge in [-0.2, -0.15) is 0 Å². The number of fused-ring (bicyclic) bond motifs is 2. The summed E-state index contributed by atoms with van der Waals surface area (Å²) >= 11 is 13.0. The van der Waals surface area contributed by atoms with Crippen LogP contribution in [0, 0.1) is 0 Å². The first-order valence-electron chi connectivity index (χ1n) is 12.9. The highest BCUT2D eigenvalue weighted by Crippen LogP contribution is 2.46. The van der Waals surface area contributed by atoms with Crippen LogP contribution in [0.3, 0.4) is 0 Å². The van der Waals surface area contributed by atoms with Crippen molar-refractivity contribution in [1.82, 2.24) is 24.3 Å². The second-order valence-corrected chi connectivity index (χ2v) is 12.2. The molecular formula is C29H33Cl2N5O3. The number of piperazine rings is 1. The zero-order valence-corrected chi connectivity index (χ0v) is 24.3. The number of hydrogen-bond acceptors (Lipinski definition) is 6. The third-order valence-corrected chi connectivity index (χ3v) is 7.69. The van der Waals surface area contributed by atoms with Gasteiger partial charge in [0, 0.05) is 44.4 Å². The molecular weight excluding hydrogens is 537 g/mol. The number of halogens is 2. The quantitative estimate of drug-likeness (QED) is 0.446. The molecule has 0 radical (unpaired) electrons. The van der Waals surface area contributed by atoms with E-state index in [1.165, 1.54) is 0 Å². The Kier molecular flexibility index (Phi) is 7.26. The summed E-state index contributed by atoms with van der Waals surface area (Å²) in [4.78, 5) is 25.8. The van der Waals surface area contributed by atoms with Gasteiger partial charge in [0.2, 0.25) is 0 Å². The standard InChI is InChI=1S/C29H33Cl2N5O3/c1-28(2,3)39-27(37)36-10-8-35(9-11-36)26-21-7-6-19(30)14-22(21)23(13-18-12-20(31)15-33-25(18)26)29(4,38)24-16-32-17-34(24)5/h6-7,12-17,26,38H,8-11H2,1-5H3/t26-,29?/m1/s1. The molecule has 1 unspecified atom stereocenters. The molecule has 39 heavy (non-hydrogen) atoms. The number of carbonyl (C=O) groups excluding carboxylic acids is 1. The molecule has 1 aliphatic heterocycles. The van der Waals surface area contributed by atoms with Crippen LogP contribution in [0.4, 0.5) is 4.79 Å². The number of aromatic nitrogens is 3. The summed E-state index contributed by atoms with van der Waals surface area (Å²) in [7, 11) is 1.85. The van der Waals surface area contributed by atoms with Crippen LogP contribution in [0.1, 0.15) is 61.8 Å². The molecule has 206 valence electrons. The summed E-state index contributed by atoms with van der Waals surface area (Å²) in [5.41, 5.74) is 2.78. The smallest absolute Gasteiger partial charge is 0.410 e. The first-order chi connectivity index (χ1) is 18.3. The number of aryl methyl sites for hydroxylation is 1. The lowest BCUT2D eigenvalue weighted by atomic mass is 9.84. The van der Waals surface area contributed by atoms with Crippen molar-refractivity contribution in [3.8, 4) is 0 Å². The number of amides is 1. The number of imidazole rings is 1. The van der Waals surface area contributed by atoms with Gasteiger partial charge in [0.15, 0.2) is 0 Å². The topological polar surface area (TPSA) is 83.7 Å². The zero-order chi connectivity index (χ0) is 28.1. The molecule has 1 aliphatic carbocycles. The van der Waals surface area contributed by atoms with Crippen molar-refractivity contribution in [3.63, 3.8) is 0 Å². The van der Waals surface area contributed by atoms with E-state index in [0.717, 1.165) is 22.4 Å². The van der Waals surface area contributed by atoms with Crippen LogP contribution in [0.2, 0.25) is 10.0 Å². The Hall–Kier alpha value is -2.91. The van der Waals surface area contributed by atoms with E-state index in [-0.39, 0.29) is 12.1 Å². The fourth-order valence-electron chi connectivity index (χ4n) is 5.42. The van der Waals surface area contributed by atoms with E-state index in [1.54, 1.807) is 35.1 Å². The van der Waals surface area contributed by atoms with Crippen molar-refractivity contribution in [2.24, 2.45) is 7.05 Å². The Morgan fingerprint density at radius 2 is 1.77 bits per heavy atom. The third-order valence-electron chi connectivity index (χ3n) is 7.25. The van der Waals surface area contributed by atoms with E-state index in [4.69, 9.17) is 32.9 Å². The van der Waals surface area contributed by atoms with Gasteiger partial charge in [0.1, 0.15) is 11.2 Å². The molecule has 3 aromatic rings. The minimum atomic E-state index is -1.39. The molecule has 0 spiro atoms. The number of benzene rings is 1. The minimum Gasteiger partial charge on any atom is -0.444 e. The molecule has 2 aromatic heterocycles. The van der Waals surface area contributed by atoms with Gasteiger partial charge in [0.25, 0.3) is 0 Å². The highest BCUT2D eigenvalue weighted by Gasteiger charge is 2.39. The van der Waals surface area contributed by atoms with Crippen LogP contribution in [-0.4, -0.2) is 67.3 Å². The van der Waals surface area contributed by atoms with Crippen LogP contribution in [-0.2, 0) is 17.4 Å². The van der Waals surface area contributed by atoms with Crippen molar-refractivity contribution in [1.29, 1.82) is 0 Å². The third kappa shape index (κ3) is 5.43. The maximum atomic E-state index is 12.7. The van der Waals surface area contributed by atoms with Gasteiger partial charge in [-0.3, -0.25) is 9.88 Å². The molecule has 1 saturated heterocycles. The minimum absolute atomic E-state index is 0.249. The molecule has 2 atom stereocenters. The maximum Gasteiger partial charge on any atom is 0.410 e. The van der Waals surface area contributed by atoms with Gasteiger partial charge in [-0.05, 0) is 74.2 Å². The van der Waals surface area contributed by atoms with Crippen LogP contribution >= 0.6 is 23.2 Å². The Morgan fingerprint density at radius 3 is 2.41 bits per heavy atom. The van der Waals surface area contributed by atoms with Crippen molar-refractivity contribution in [2.45, 2.75) is 44.9 Å². The summed E-state index contributed by atoms with van der Waals surface area (Å²) < 4.78 is 7.40. The molecule has 2 aliphatic rings. The number of carbonyl (C=O) groups is 1. The van der Waals surface area contributed by atoms with Gasteiger partial charge < -0.3 is 19.3 Å². The molecule has 1 fully saturated rings. The van der Waals surface area contributed by atoms with Crippen LogP contribution in [0.5, 0.6) is 0 Å². The second-order valence-electron chi connectivity index (χ2n) is 11.3. The average Bonchev–Trinajstić information content (AvgIpc) is 3.24. The first kappa shape index (κ1) is 27.6. The van der Waals surface area contributed by atoms with Crippen molar-refractivity contribution in [3.05, 3.63) is 81.1 Å². The molecule has 0 saturated carbocycles. The zero-order valence-electron chi connectivity index (χ0n) is 22.8. The highest BCUT2D eigenvalue weighted by molar-refractivity contribution is 6.31. The van der Waals surface area contributed by atoms with Crippen molar-refractivity contribution in [2.75, 3.05) is 26.2 Å². The summed E-state index contributed by atoms with van der Waals surface area (Å²) in [6.45, 7) is 9.63. The lowest BCUT2D eigenvalue weighted by molar-refractivity contribution is 0.0117. The summed E-state index contributed by atoms with van der Waals surface area (Å²) in [5, 5.41) is 13.1. The maximum absolute atomic E-state index is 12.7. The van der Waals surface area contributed by atoms with E-state index >= 15 is 0 Å². The largest absolute Gasteiger partial charge is 0.444 e.